The van der Waals surface area contributed by atoms with Crippen LogP contribution in [-0.4, -0.2) is 53.8 Å². The van der Waals surface area contributed by atoms with Gasteiger partial charge in [-0.15, -0.1) is 0 Å². The fraction of sp³-hybridized carbons (Fsp3) is 0.520. The lowest BCUT2D eigenvalue weighted by atomic mass is 9.80. The normalized spacial score (nSPS) is 23.0. The number of piperidine rings is 1. The summed E-state index contributed by atoms with van der Waals surface area (Å²) in [5, 5.41) is 0. The van der Waals surface area contributed by atoms with Crippen LogP contribution in [0.15, 0.2) is 48.7 Å². The minimum atomic E-state index is -0.257. The van der Waals surface area contributed by atoms with Crippen LogP contribution in [0.1, 0.15) is 61.6 Å². The highest BCUT2D eigenvalue weighted by Crippen LogP contribution is 2.44. The molecule has 3 heterocycles. The molecule has 2 fully saturated rings. The van der Waals surface area contributed by atoms with Crippen LogP contribution in [0.2, 0.25) is 0 Å². The molecule has 6 nitrogen and oxygen atoms in total. The highest BCUT2D eigenvalue weighted by molar-refractivity contribution is 5.96. The molecule has 0 N–H and O–H groups in total. The molecule has 1 aromatic heterocycles. The Morgan fingerprint density at radius 2 is 1.90 bits per heavy atom. The number of pyridine rings is 1. The molecule has 0 bridgehead atoms. The van der Waals surface area contributed by atoms with Crippen LogP contribution < -0.4 is 4.74 Å². The summed E-state index contributed by atoms with van der Waals surface area (Å²) in [6.45, 7) is 6.43. The highest BCUT2D eigenvalue weighted by atomic mass is 16.5. The zero-order valence-corrected chi connectivity index (χ0v) is 18.5. The average molecular weight is 425 g/mol. The Hall–Kier alpha value is -2.44. The van der Waals surface area contributed by atoms with Gasteiger partial charge in [0.15, 0.2) is 0 Å². The van der Waals surface area contributed by atoms with Crippen LogP contribution in [0.5, 0.6) is 5.88 Å². The number of rotatable bonds is 6. The van der Waals surface area contributed by atoms with Crippen molar-refractivity contribution in [2.75, 3.05) is 26.3 Å². The van der Waals surface area contributed by atoms with Gasteiger partial charge in [0.25, 0.3) is 5.91 Å². The summed E-state index contributed by atoms with van der Waals surface area (Å²) in [6.07, 6.45) is 5.20. The standard InChI is InChI=1S/C25H32N2O4/c1-3-29-20-17-22(19-9-6-5-7-10-19)31-25(18-20)12-15-27(16-13-25)24(28)21-11-8-14-26-23(21)30-4-2/h5-11,14,20,22H,3-4,12-13,15-18H2,1-2H3. The van der Waals surface area contributed by atoms with Crippen molar-refractivity contribution in [3.8, 4) is 5.88 Å². The van der Waals surface area contributed by atoms with Gasteiger partial charge < -0.3 is 19.1 Å². The maximum Gasteiger partial charge on any atom is 0.259 e. The van der Waals surface area contributed by atoms with E-state index < -0.39 is 0 Å². The molecule has 2 unspecified atom stereocenters. The molecular weight excluding hydrogens is 392 g/mol. The molecule has 2 aliphatic rings. The molecule has 1 aromatic carbocycles. The first kappa shape index (κ1) is 21.8. The Balaban J connectivity index is 1.47. The molecule has 166 valence electrons. The lowest BCUT2D eigenvalue weighted by Crippen LogP contribution is -2.52. The van der Waals surface area contributed by atoms with E-state index >= 15 is 0 Å². The van der Waals surface area contributed by atoms with E-state index in [9.17, 15) is 4.79 Å². The van der Waals surface area contributed by atoms with E-state index in [1.807, 2.05) is 24.8 Å². The lowest BCUT2D eigenvalue weighted by molar-refractivity contribution is -0.190. The summed E-state index contributed by atoms with van der Waals surface area (Å²) >= 11 is 0. The number of nitrogens with zero attached hydrogens (tertiary/aromatic N) is 2. The van der Waals surface area contributed by atoms with Gasteiger partial charge in [-0.3, -0.25) is 4.79 Å². The molecule has 0 radical (unpaired) electrons. The molecule has 2 aliphatic heterocycles. The van der Waals surface area contributed by atoms with Gasteiger partial charge in [0, 0.05) is 38.7 Å². The number of amides is 1. The maximum absolute atomic E-state index is 13.2. The van der Waals surface area contributed by atoms with Crippen molar-refractivity contribution in [2.24, 2.45) is 0 Å². The first-order valence-corrected chi connectivity index (χ1v) is 11.4. The van der Waals surface area contributed by atoms with Crippen LogP contribution in [0.4, 0.5) is 0 Å². The topological polar surface area (TPSA) is 60.9 Å². The van der Waals surface area contributed by atoms with E-state index in [0.29, 0.717) is 37.7 Å². The van der Waals surface area contributed by atoms with Gasteiger partial charge in [-0.25, -0.2) is 4.98 Å². The summed E-state index contributed by atoms with van der Waals surface area (Å²) in [7, 11) is 0. The minimum absolute atomic E-state index is 0.0247. The molecule has 31 heavy (non-hydrogen) atoms. The SMILES string of the molecule is CCOc1ncccc1C(=O)N1CCC2(CC1)CC(OCC)CC(c1ccccc1)O2. The number of carbonyl (C=O) groups excluding carboxylic acids is 1. The van der Waals surface area contributed by atoms with Crippen LogP contribution in [0.25, 0.3) is 0 Å². The van der Waals surface area contributed by atoms with Gasteiger partial charge in [0.2, 0.25) is 5.88 Å². The van der Waals surface area contributed by atoms with Crippen molar-refractivity contribution in [3.05, 3.63) is 59.8 Å². The van der Waals surface area contributed by atoms with Gasteiger partial charge in [-0.05, 0) is 44.4 Å². The zero-order valence-electron chi connectivity index (χ0n) is 18.5. The van der Waals surface area contributed by atoms with Gasteiger partial charge in [-0.2, -0.15) is 0 Å². The number of aromatic nitrogens is 1. The summed E-state index contributed by atoms with van der Waals surface area (Å²) in [4.78, 5) is 19.3. The molecule has 2 aromatic rings. The smallest absolute Gasteiger partial charge is 0.259 e. The molecule has 1 spiro atoms. The van der Waals surface area contributed by atoms with Crippen molar-refractivity contribution < 1.29 is 19.0 Å². The third-order valence-electron chi connectivity index (χ3n) is 6.29. The predicted octanol–water partition coefficient (Wildman–Crippen LogP) is 4.41. The zero-order chi connectivity index (χ0) is 21.7. The third-order valence-corrected chi connectivity index (χ3v) is 6.29. The van der Waals surface area contributed by atoms with Gasteiger partial charge in [0.05, 0.1) is 24.4 Å². The van der Waals surface area contributed by atoms with E-state index in [1.54, 1.807) is 18.3 Å². The second kappa shape index (κ2) is 9.79. The van der Waals surface area contributed by atoms with Crippen LogP contribution in [0, 0.1) is 0 Å². The lowest BCUT2D eigenvalue weighted by Gasteiger charge is -2.48. The van der Waals surface area contributed by atoms with Gasteiger partial charge in [-0.1, -0.05) is 30.3 Å². The first-order chi connectivity index (χ1) is 15.1. The van der Waals surface area contributed by atoms with E-state index in [2.05, 4.69) is 29.2 Å². The largest absolute Gasteiger partial charge is 0.477 e. The minimum Gasteiger partial charge on any atom is -0.477 e. The van der Waals surface area contributed by atoms with Crippen molar-refractivity contribution in [2.45, 2.75) is 57.3 Å². The Morgan fingerprint density at radius 1 is 1.13 bits per heavy atom. The maximum atomic E-state index is 13.2. The number of likely N-dealkylation sites (tertiary alicyclic amines) is 1. The fourth-order valence-corrected chi connectivity index (χ4v) is 4.78. The molecular formula is C25H32N2O4. The summed E-state index contributed by atoms with van der Waals surface area (Å²) in [5.41, 5.74) is 1.47. The van der Waals surface area contributed by atoms with Crippen molar-refractivity contribution in [1.29, 1.82) is 0 Å². The summed E-state index contributed by atoms with van der Waals surface area (Å²) in [5.74, 6) is 0.382. The average Bonchev–Trinajstić information content (AvgIpc) is 2.80. The van der Waals surface area contributed by atoms with Crippen molar-refractivity contribution in [3.63, 3.8) is 0 Å². The molecule has 0 saturated carbocycles. The Bertz CT molecular complexity index is 865. The first-order valence-electron chi connectivity index (χ1n) is 11.4. The van der Waals surface area contributed by atoms with Crippen molar-refractivity contribution >= 4 is 5.91 Å². The van der Waals surface area contributed by atoms with Crippen LogP contribution in [-0.2, 0) is 9.47 Å². The van der Waals surface area contributed by atoms with E-state index in [0.717, 1.165) is 25.7 Å². The molecule has 0 aliphatic carbocycles. The fourth-order valence-electron chi connectivity index (χ4n) is 4.78. The third kappa shape index (κ3) is 4.91. The molecule has 6 heteroatoms. The van der Waals surface area contributed by atoms with Crippen molar-refractivity contribution in [1.82, 2.24) is 9.88 Å². The molecule has 2 saturated heterocycles. The Kier molecular flexibility index (Phi) is 6.88. The molecule has 1 amide bonds. The second-order valence-corrected chi connectivity index (χ2v) is 8.30. The van der Waals surface area contributed by atoms with Gasteiger partial charge >= 0.3 is 0 Å². The highest BCUT2D eigenvalue weighted by Gasteiger charge is 2.45. The summed E-state index contributed by atoms with van der Waals surface area (Å²) < 4.78 is 18.3. The number of hydrogen-bond donors (Lipinski definition) is 0. The van der Waals surface area contributed by atoms with Crippen LogP contribution in [0.3, 0.4) is 0 Å². The summed E-state index contributed by atoms with van der Waals surface area (Å²) in [6, 6.07) is 14.0. The predicted molar refractivity (Wildman–Crippen MR) is 118 cm³/mol. The number of benzene rings is 1. The van der Waals surface area contributed by atoms with E-state index in [-0.39, 0.29) is 23.7 Å². The number of ether oxygens (including phenoxy) is 3. The number of carbonyl (C=O) groups is 1. The molecule has 4 rings (SSSR count). The van der Waals surface area contributed by atoms with Gasteiger partial charge in [0.1, 0.15) is 5.56 Å². The van der Waals surface area contributed by atoms with Crippen LogP contribution >= 0.6 is 0 Å². The Morgan fingerprint density at radius 3 is 2.61 bits per heavy atom. The monoisotopic (exact) mass is 424 g/mol. The quantitative estimate of drug-likeness (QED) is 0.687. The Labute approximate surface area is 184 Å². The van der Waals surface area contributed by atoms with E-state index in [4.69, 9.17) is 14.2 Å². The second-order valence-electron chi connectivity index (χ2n) is 8.30. The van der Waals surface area contributed by atoms with E-state index in [1.165, 1.54) is 5.56 Å². The molecule has 2 atom stereocenters. The number of hydrogen-bond acceptors (Lipinski definition) is 5.